The van der Waals surface area contributed by atoms with Crippen molar-refractivity contribution >= 4 is 15.8 Å². The van der Waals surface area contributed by atoms with Crippen LogP contribution in [-0.2, 0) is 25.1 Å². The van der Waals surface area contributed by atoms with Crippen LogP contribution >= 0.6 is 0 Å². The molecule has 0 aliphatic heterocycles. The van der Waals surface area contributed by atoms with Crippen LogP contribution in [0.1, 0.15) is 38.9 Å². The maximum Gasteiger partial charge on any atom is 0.309 e. The molecule has 1 aromatic rings. The van der Waals surface area contributed by atoms with E-state index in [0.29, 0.717) is 5.69 Å². The first-order valence-electron chi connectivity index (χ1n) is 6.61. The first-order chi connectivity index (χ1) is 9.29. The maximum absolute atomic E-state index is 12.0. The first-order valence-corrected chi connectivity index (χ1v) is 8.43. The van der Waals surface area contributed by atoms with Gasteiger partial charge in [-0.2, -0.15) is 5.10 Å². The summed E-state index contributed by atoms with van der Waals surface area (Å²) in [6.45, 7) is 5.60. The fraction of sp³-hybridized carbons (Fsp3) is 0.692. The third-order valence-corrected chi connectivity index (χ3v) is 4.92. The largest absolute Gasteiger partial charge is 0.469 e. The average molecular weight is 302 g/mol. The standard InChI is InChI=1S/C13H22N2O4S/c1-5-11(3)15-7-6-12(14-15)9-20(17,18)8-10(2)13(16)19-4/h6-7,10-11H,5,8-9H2,1-4H3. The van der Waals surface area contributed by atoms with Crippen LogP contribution in [0, 0.1) is 5.92 Å². The fourth-order valence-electron chi connectivity index (χ4n) is 1.82. The van der Waals surface area contributed by atoms with Gasteiger partial charge in [-0.3, -0.25) is 9.48 Å². The topological polar surface area (TPSA) is 78.3 Å². The summed E-state index contributed by atoms with van der Waals surface area (Å²) in [4.78, 5) is 11.3. The molecule has 0 saturated carbocycles. The van der Waals surface area contributed by atoms with E-state index in [1.165, 1.54) is 7.11 Å². The molecule has 0 bridgehead atoms. The van der Waals surface area contributed by atoms with Crippen molar-refractivity contribution in [2.24, 2.45) is 5.92 Å². The zero-order valence-electron chi connectivity index (χ0n) is 12.4. The fourth-order valence-corrected chi connectivity index (χ4v) is 3.44. The van der Waals surface area contributed by atoms with Crippen LogP contribution in [0.5, 0.6) is 0 Å². The second-order valence-corrected chi connectivity index (χ2v) is 7.13. The minimum absolute atomic E-state index is 0.155. The molecule has 1 heterocycles. The Bertz CT molecular complexity index is 550. The average Bonchev–Trinajstić information content (AvgIpc) is 2.83. The number of hydrogen-bond acceptors (Lipinski definition) is 5. The number of hydrogen-bond donors (Lipinski definition) is 0. The van der Waals surface area contributed by atoms with E-state index in [-0.39, 0.29) is 17.5 Å². The van der Waals surface area contributed by atoms with Crippen LogP contribution in [0.15, 0.2) is 12.3 Å². The van der Waals surface area contributed by atoms with Crippen LogP contribution in [-0.4, -0.2) is 37.0 Å². The van der Waals surface area contributed by atoms with Gasteiger partial charge >= 0.3 is 5.97 Å². The summed E-state index contributed by atoms with van der Waals surface area (Å²) < 4.78 is 30.3. The van der Waals surface area contributed by atoms with E-state index in [2.05, 4.69) is 9.84 Å². The molecule has 0 amide bonds. The summed E-state index contributed by atoms with van der Waals surface area (Å²) in [6, 6.07) is 1.94. The lowest BCUT2D eigenvalue weighted by Crippen LogP contribution is -2.23. The van der Waals surface area contributed by atoms with Crippen molar-refractivity contribution in [1.82, 2.24) is 9.78 Å². The highest BCUT2D eigenvalue weighted by Gasteiger charge is 2.23. The number of nitrogens with zero attached hydrogens (tertiary/aromatic N) is 2. The molecule has 2 atom stereocenters. The van der Waals surface area contributed by atoms with Crippen LogP contribution in [0.2, 0.25) is 0 Å². The SMILES string of the molecule is CCC(C)n1ccc(CS(=O)(=O)CC(C)C(=O)OC)n1. The summed E-state index contributed by atoms with van der Waals surface area (Å²) in [7, 11) is -2.14. The minimum atomic E-state index is -3.38. The van der Waals surface area contributed by atoms with E-state index >= 15 is 0 Å². The van der Waals surface area contributed by atoms with Gasteiger partial charge in [-0.15, -0.1) is 0 Å². The summed E-state index contributed by atoms with van der Waals surface area (Å²) in [5.74, 6) is -1.56. The molecule has 0 fully saturated rings. The lowest BCUT2D eigenvalue weighted by atomic mass is 10.2. The Balaban J connectivity index is 2.71. The Kier molecular flexibility index (Phi) is 5.74. The van der Waals surface area contributed by atoms with Crippen molar-refractivity contribution in [3.8, 4) is 0 Å². The van der Waals surface area contributed by atoms with E-state index < -0.39 is 21.7 Å². The van der Waals surface area contributed by atoms with E-state index in [1.54, 1.807) is 23.9 Å². The molecule has 114 valence electrons. The van der Waals surface area contributed by atoms with Crippen molar-refractivity contribution < 1.29 is 17.9 Å². The summed E-state index contributed by atoms with van der Waals surface area (Å²) in [5.41, 5.74) is 0.502. The zero-order valence-corrected chi connectivity index (χ0v) is 13.2. The molecule has 20 heavy (non-hydrogen) atoms. The number of ether oxygens (including phenoxy) is 1. The van der Waals surface area contributed by atoms with Gasteiger partial charge in [0.1, 0.15) is 0 Å². The molecule has 1 rings (SSSR count). The predicted octanol–water partition coefficient (Wildman–Crippen LogP) is 1.58. The number of aromatic nitrogens is 2. The Morgan fingerprint density at radius 1 is 1.45 bits per heavy atom. The van der Waals surface area contributed by atoms with E-state index in [1.807, 2.05) is 13.8 Å². The summed E-state index contributed by atoms with van der Waals surface area (Å²) >= 11 is 0. The van der Waals surface area contributed by atoms with E-state index in [0.717, 1.165) is 6.42 Å². The van der Waals surface area contributed by atoms with Gasteiger partial charge in [0.25, 0.3) is 0 Å². The normalized spacial score (nSPS) is 14.8. The number of sulfone groups is 1. The number of rotatable bonds is 7. The second kappa shape index (κ2) is 6.88. The number of esters is 1. The summed E-state index contributed by atoms with van der Waals surface area (Å²) in [5, 5.41) is 4.26. The molecule has 0 N–H and O–H groups in total. The highest BCUT2D eigenvalue weighted by Crippen LogP contribution is 2.13. The van der Waals surface area contributed by atoms with Crippen molar-refractivity contribution in [1.29, 1.82) is 0 Å². The highest BCUT2D eigenvalue weighted by atomic mass is 32.2. The van der Waals surface area contributed by atoms with Gasteiger partial charge in [-0.25, -0.2) is 8.42 Å². The Morgan fingerprint density at radius 3 is 2.65 bits per heavy atom. The van der Waals surface area contributed by atoms with Crippen molar-refractivity contribution in [2.75, 3.05) is 12.9 Å². The van der Waals surface area contributed by atoms with Crippen molar-refractivity contribution in [3.05, 3.63) is 18.0 Å². The lowest BCUT2D eigenvalue weighted by Gasteiger charge is -2.10. The molecule has 7 heteroatoms. The minimum Gasteiger partial charge on any atom is -0.469 e. The number of methoxy groups -OCH3 is 1. The second-order valence-electron chi connectivity index (χ2n) is 5.02. The van der Waals surface area contributed by atoms with Crippen LogP contribution in [0.3, 0.4) is 0 Å². The monoisotopic (exact) mass is 302 g/mol. The predicted molar refractivity (Wildman–Crippen MR) is 75.9 cm³/mol. The first kappa shape index (κ1) is 16.7. The van der Waals surface area contributed by atoms with Gasteiger partial charge < -0.3 is 4.74 Å². The molecule has 6 nitrogen and oxygen atoms in total. The third-order valence-electron chi connectivity index (χ3n) is 3.18. The van der Waals surface area contributed by atoms with Gasteiger partial charge in [-0.05, 0) is 19.4 Å². The molecule has 0 spiro atoms. The van der Waals surface area contributed by atoms with Crippen LogP contribution in [0.4, 0.5) is 0 Å². The van der Waals surface area contributed by atoms with E-state index in [9.17, 15) is 13.2 Å². The number of carbonyl (C=O) groups excluding carboxylic acids is 1. The molecule has 2 unspecified atom stereocenters. The molecular weight excluding hydrogens is 280 g/mol. The van der Waals surface area contributed by atoms with Gasteiger partial charge in [0.15, 0.2) is 9.84 Å². The quantitative estimate of drug-likeness (QED) is 0.715. The van der Waals surface area contributed by atoms with Crippen LogP contribution < -0.4 is 0 Å². The van der Waals surface area contributed by atoms with Gasteiger partial charge in [0.2, 0.25) is 0 Å². The maximum atomic E-state index is 12.0. The van der Waals surface area contributed by atoms with Crippen molar-refractivity contribution in [2.45, 2.75) is 39.0 Å². The smallest absolute Gasteiger partial charge is 0.309 e. The van der Waals surface area contributed by atoms with E-state index in [4.69, 9.17) is 0 Å². The summed E-state index contributed by atoms with van der Waals surface area (Å²) in [6.07, 6.45) is 2.70. The lowest BCUT2D eigenvalue weighted by molar-refractivity contribution is -0.144. The Morgan fingerprint density at radius 2 is 2.10 bits per heavy atom. The van der Waals surface area contributed by atoms with Gasteiger partial charge in [0, 0.05) is 12.2 Å². The molecule has 0 aliphatic carbocycles. The molecule has 0 aliphatic rings. The zero-order chi connectivity index (χ0) is 15.3. The van der Waals surface area contributed by atoms with Gasteiger partial charge in [0.05, 0.1) is 30.2 Å². The molecule has 0 radical (unpaired) electrons. The number of carbonyl (C=O) groups is 1. The molecule has 0 aromatic carbocycles. The van der Waals surface area contributed by atoms with Crippen molar-refractivity contribution in [3.63, 3.8) is 0 Å². The molecule has 1 aromatic heterocycles. The third kappa shape index (κ3) is 4.63. The Hall–Kier alpha value is -1.37. The van der Waals surface area contributed by atoms with Crippen LogP contribution in [0.25, 0.3) is 0 Å². The molecular formula is C13H22N2O4S. The Labute approximate surface area is 120 Å². The molecule has 0 saturated heterocycles. The van der Waals surface area contributed by atoms with Gasteiger partial charge in [-0.1, -0.05) is 13.8 Å². The highest BCUT2D eigenvalue weighted by molar-refractivity contribution is 7.90.